The van der Waals surface area contributed by atoms with Gasteiger partial charge in [-0.05, 0) is 45.7 Å². The van der Waals surface area contributed by atoms with Gasteiger partial charge in [-0.1, -0.05) is 13.8 Å². The SMILES string of the molecule is CCC(CC)N(C)S(=O)(=O)c1ccc(CNC(C)(C)C)o1. The molecule has 6 heteroatoms. The Morgan fingerprint density at radius 3 is 2.29 bits per heavy atom. The maximum atomic E-state index is 12.5. The number of hydrogen-bond donors (Lipinski definition) is 1. The van der Waals surface area contributed by atoms with E-state index in [1.807, 2.05) is 13.8 Å². The molecule has 1 N–H and O–H groups in total. The van der Waals surface area contributed by atoms with E-state index in [1.165, 1.54) is 10.4 Å². The summed E-state index contributed by atoms with van der Waals surface area (Å²) in [6.07, 6.45) is 1.57. The lowest BCUT2D eigenvalue weighted by atomic mass is 10.1. The second kappa shape index (κ2) is 6.94. The molecule has 0 saturated carbocycles. The van der Waals surface area contributed by atoms with E-state index in [-0.39, 0.29) is 16.7 Å². The lowest BCUT2D eigenvalue weighted by Gasteiger charge is -2.24. The lowest BCUT2D eigenvalue weighted by molar-refractivity contribution is 0.323. The van der Waals surface area contributed by atoms with Crippen LogP contribution in [0.25, 0.3) is 0 Å². The molecule has 1 rings (SSSR count). The van der Waals surface area contributed by atoms with Crippen LogP contribution in [0.15, 0.2) is 21.6 Å². The number of furan rings is 1. The van der Waals surface area contributed by atoms with E-state index in [0.717, 1.165) is 12.8 Å². The monoisotopic (exact) mass is 316 g/mol. The van der Waals surface area contributed by atoms with Gasteiger partial charge in [0.05, 0.1) is 6.54 Å². The van der Waals surface area contributed by atoms with Gasteiger partial charge in [-0.25, -0.2) is 8.42 Å². The van der Waals surface area contributed by atoms with Gasteiger partial charge in [0.25, 0.3) is 10.0 Å². The standard InChI is InChI=1S/C15H28N2O3S/c1-7-12(8-2)17(6)21(18,19)14-10-9-13(20-14)11-16-15(3,4)5/h9-10,12,16H,7-8,11H2,1-6H3. The van der Waals surface area contributed by atoms with Crippen LogP contribution in [-0.4, -0.2) is 31.4 Å². The van der Waals surface area contributed by atoms with E-state index in [9.17, 15) is 8.42 Å². The molecule has 0 atom stereocenters. The van der Waals surface area contributed by atoms with Crippen LogP contribution >= 0.6 is 0 Å². The van der Waals surface area contributed by atoms with Crippen LogP contribution in [0.4, 0.5) is 0 Å². The molecular weight excluding hydrogens is 288 g/mol. The van der Waals surface area contributed by atoms with E-state index in [2.05, 4.69) is 26.1 Å². The van der Waals surface area contributed by atoms with Crippen molar-refractivity contribution in [3.63, 3.8) is 0 Å². The van der Waals surface area contributed by atoms with E-state index < -0.39 is 10.0 Å². The third kappa shape index (κ3) is 4.83. The Bertz CT molecular complexity index is 540. The fourth-order valence-electron chi connectivity index (χ4n) is 2.09. The van der Waals surface area contributed by atoms with Crippen molar-refractivity contribution >= 4 is 10.0 Å². The Morgan fingerprint density at radius 2 is 1.81 bits per heavy atom. The molecule has 0 unspecified atom stereocenters. The molecule has 21 heavy (non-hydrogen) atoms. The van der Waals surface area contributed by atoms with Crippen molar-refractivity contribution in [2.45, 2.75) is 70.7 Å². The molecule has 1 aromatic rings. The summed E-state index contributed by atoms with van der Waals surface area (Å²) in [6.45, 7) is 10.6. The Hall–Kier alpha value is -0.850. The third-order valence-electron chi connectivity index (χ3n) is 3.52. The highest BCUT2D eigenvalue weighted by Crippen LogP contribution is 2.22. The summed E-state index contributed by atoms with van der Waals surface area (Å²) in [6, 6.07) is 3.25. The number of rotatable bonds is 7. The zero-order valence-corrected chi connectivity index (χ0v) is 14.8. The quantitative estimate of drug-likeness (QED) is 0.840. The first kappa shape index (κ1) is 18.2. The molecular formula is C15H28N2O3S. The van der Waals surface area contributed by atoms with Gasteiger partial charge in [-0.2, -0.15) is 4.31 Å². The maximum absolute atomic E-state index is 12.5. The molecule has 0 amide bonds. The number of nitrogens with one attached hydrogen (secondary N) is 1. The van der Waals surface area contributed by atoms with Crippen LogP contribution in [0.3, 0.4) is 0 Å². The van der Waals surface area contributed by atoms with Gasteiger partial charge in [-0.15, -0.1) is 0 Å². The highest BCUT2D eigenvalue weighted by Gasteiger charge is 2.29. The van der Waals surface area contributed by atoms with Gasteiger partial charge in [-0.3, -0.25) is 0 Å². The maximum Gasteiger partial charge on any atom is 0.276 e. The summed E-state index contributed by atoms with van der Waals surface area (Å²) < 4.78 is 32.0. The normalized spacial score (nSPS) is 13.3. The van der Waals surface area contributed by atoms with E-state index in [1.54, 1.807) is 13.1 Å². The Labute approximate surface area is 128 Å². The topological polar surface area (TPSA) is 62.6 Å². The van der Waals surface area contributed by atoms with Crippen LogP contribution in [0.1, 0.15) is 53.2 Å². The van der Waals surface area contributed by atoms with Crippen molar-refractivity contribution < 1.29 is 12.8 Å². The molecule has 0 aromatic carbocycles. The Balaban J connectivity index is 2.88. The fourth-order valence-corrected chi connectivity index (χ4v) is 3.51. The molecule has 122 valence electrons. The Morgan fingerprint density at radius 1 is 1.24 bits per heavy atom. The van der Waals surface area contributed by atoms with Gasteiger partial charge < -0.3 is 9.73 Å². The van der Waals surface area contributed by atoms with Crippen molar-refractivity contribution in [1.82, 2.24) is 9.62 Å². The molecule has 1 aromatic heterocycles. The average Bonchev–Trinajstić information content (AvgIpc) is 2.86. The number of nitrogens with zero attached hydrogens (tertiary/aromatic N) is 1. The largest absolute Gasteiger partial charge is 0.447 e. The lowest BCUT2D eigenvalue weighted by Crippen LogP contribution is -2.36. The van der Waals surface area contributed by atoms with E-state index in [4.69, 9.17) is 4.42 Å². The average molecular weight is 316 g/mol. The van der Waals surface area contributed by atoms with Gasteiger partial charge in [0, 0.05) is 18.6 Å². The summed E-state index contributed by atoms with van der Waals surface area (Å²) >= 11 is 0. The minimum absolute atomic E-state index is 0.00347. The zero-order valence-electron chi connectivity index (χ0n) is 13.9. The number of hydrogen-bond acceptors (Lipinski definition) is 4. The van der Waals surface area contributed by atoms with Crippen molar-refractivity contribution in [2.24, 2.45) is 0 Å². The summed E-state index contributed by atoms with van der Waals surface area (Å²) in [5.74, 6) is 0.626. The van der Waals surface area contributed by atoms with Crippen LogP contribution < -0.4 is 5.32 Å². The van der Waals surface area contributed by atoms with Crippen LogP contribution in [0, 0.1) is 0 Å². The molecule has 1 heterocycles. The van der Waals surface area contributed by atoms with Crippen LogP contribution in [-0.2, 0) is 16.6 Å². The summed E-state index contributed by atoms with van der Waals surface area (Å²) in [5, 5.41) is 3.29. The van der Waals surface area contributed by atoms with Gasteiger partial charge in [0.1, 0.15) is 5.76 Å². The molecule has 0 fully saturated rings. The van der Waals surface area contributed by atoms with E-state index >= 15 is 0 Å². The molecule has 0 aliphatic rings. The fraction of sp³-hybridized carbons (Fsp3) is 0.733. The van der Waals surface area contributed by atoms with Crippen molar-refractivity contribution in [3.8, 4) is 0 Å². The van der Waals surface area contributed by atoms with Gasteiger partial charge in [0.2, 0.25) is 5.09 Å². The second-order valence-electron chi connectivity index (χ2n) is 6.32. The zero-order chi connectivity index (χ0) is 16.3. The highest BCUT2D eigenvalue weighted by molar-refractivity contribution is 7.89. The molecule has 0 radical (unpaired) electrons. The smallest absolute Gasteiger partial charge is 0.276 e. The van der Waals surface area contributed by atoms with Gasteiger partial charge >= 0.3 is 0 Å². The first-order valence-electron chi connectivity index (χ1n) is 7.43. The van der Waals surface area contributed by atoms with Crippen molar-refractivity contribution in [2.75, 3.05) is 7.05 Å². The van der Waals surface area contributed by atoms with E-state index in [0.29, 0.717) is 12.3 Å². The number of sulfonamides is 1. The van der Waals surface area contributed by atoms with Crippen molar-refractivity contribution in [3.05, 3.63) is 17.9 Å². The molecule has 5 nitrogen and oxygen atoms in total. The summed E-state index contributed by atoms with van der Waals surface area (Å²) in [4.78, 5) is 0. The molecule has 0 aliphatic carbocycles. The van der Waals surface area contributed by atoms with Crippen molar-refractivity contribution in [1.29, 1.82) is 0 Å². The predicted molar refractivity (Wildman–Crippen MR) is 84.6 cm³/mol. The molecule has 0 spiro atoms. The first-order valence-corrected chi connectivity index (χ1v) is 8.87. The molecule has 0 saturated heterocycles. The minimum atomic E-state index is -3.56. The minimum Gasteiger partial charge on any atom is -0.447 e. The summed E-state index contributed by atoms with van der Waals surface area (Å²) in [7, 11) is -1.94. The first-order chi connectivity index (χ1) is 9.61. The molecule has 0 bridgehead atoms. The predicted octanol–water partition coefficient (Wildman–Crippen LogP) is 2.98. The molecule has 0 aliphatic heterocycles. The Kier molecular flexibility index (Phi) is 6.01. The second-order valence-corrected chi connectivity index (χ2v) is 8.24. The van der Waals surface area contributed by atoms with Crippen LogP contribution in [0.5, 0.6) is 0 Å². The summed E-state index contributed by atoms with van der Waals surface area (Å²) in [5.41, 5.74) is -0.0435. The third-order valence-corrected chi connectivity index (χ3v) is 5.30. The highest BCUT2D eigenvalue weighted by atomic mass is 32.2. The van der Waals surface area contributed by atoms with Crippen LogP contribution in [0.2, 0.25) is 0 Å². The van der Waals surface area contributed by atoms with Gasteiger partial charge in [0.15, 0.2) is 0 Å².